The molecule has 0 aromatic heterocycles. The molecule has 0 aliphatic rings. The molecule has 5 heteroatoms. The van der Waals surface area contributed by atoms with Gasteiger partial charge in [-0.05, 0) is 31.0 Å². The van der Waals surface area contributed by atoms with Crippen molar-refractivity contribution in [3.8, 4) is 0 Å². The van der Waals surface area contributed by atoms with Crippen LogP contribution in [-0.2, 0) is 17.2 Å². The summed E-state index contributed by atoms with van der Waals surface area (Å²) in [6.07, 6.45) is 0.558. The summed E-state index contributed by atoms with van der Waals surface area (Å²) >= 11 is 0. The molecule has 0 N–H and O–H groups in total. The van der Waals surface area contributed by atoms with E-state index in [1.807, 2.05) is 37.3 Å². The van der Waals surface area contributed by atoms with Crippen molar-refractivity contribution in [2.75, 3.05) is 5.75 Å². The molecule has 1 unspecified atom stereocenters. The topological polar surface area (TPSA) is 60.2 Å². The molecular formula is C15H15NO3S. The van der Waals surface area contributed by atoms with E-state index in [2.05, 4.69) is 0 Å². The van der Waals surface area contributed by atoms with Crippen LogP contribution < -0.4 is 0 Å². The third-order valence-corrected chi connectivity index (χ3v) is 4.35. The van der Waals surface area contributed by atoms with E-state index in [9.17, 15) is 14.3 Å². The van der Waals surface area contributed by atoms with E-state index in [-0.39, 0.29) is 5.69 Å². The van der Waals surface area contributed by atoms with Gasteiger partial charge in [-0.15, -0.1) is 0 Å². The Balaban J connectivity index is 2.01. The smallest absolute Gasteiger partial charge is 0.258 e. The van der Waals surface area contributed by atoms with Crippen LogP contribution in [0.15, 0.2) is 53.4 Å². The van der Waals surface area contributed by atoms with Crippen molar-refractivity contribution in [1.29, 1.82) is 0 Å². The number of hydrogen-bond donors (Lipinski definition) is 0. The Kier molecular flexibility index (Phi) is 4.63. The van der Waals surface area contributed by atoms with Crippen LogP contribution in [0.3, 0.4) is 0 Å². The number of hydrogen-bond acceptors (Lipinski definition) is 3. The van der Waals surface area contributed by atoms with Gasteiger partial charge in [-0.1, -0.05) is 29.8 Å². The van der Waals surface area contributed by atoms with Crippen molar-refractivity contribution in [2.45, 2.75) is 18.2 Å². The first-order valence-electron chi connectivity index (χ1n) is 6.24. The molecular weight excluding hydrogens is 274 g/mol. The van der Waals surface area contributed by atoms with Gasteiger partial charge in [0.1, 0.15) is 0 Å². The van der Waals surface area contributed by atoms with Crippen LogP contribution in [0.4, 0.5) is 5.69 Å². The molecule has 104 valence electrons. The standard InChI is InChI=1S/C15H15NO3S/c1-12-5-7-15(8-6-12)20(19)10-9-13-3-2-4-14(11-13)16(17)18/h2-8,11H,9-10H2,1H3. The third-order valence-electron chi connectivity index (χ3n) is 2.98. The summed E-state index contributed by atoms with van der Waals surface area (Å²) in [5.41, 5.74) is 2.03. The average molecular weight is 289 g/mol. The van der Waals surface area contributed by atoms with Gasteiger partial charge in [-0.3, -0.25) is 14.3 Å². The van der Waals surface area contributed by atoms with Crippen LogP contribution in [-0.4, -0.2) is 14.9 Å². The van der Waals surface area contributed by atoms with Gasteiger partial charge in [0.05, 0.1) is 15.7 Å². The fraction of sp³-hybridized carbons (Fsp3) is 0.200. The Morgan fingerprint density at radius 1 is 1.15 bits per heavy atom. The van der Waals surface area contributed by atoms with Crippen molar-refractivity contribution in [3.63, 3.8) is 0 Å². The van der Waals surface area contributed by atoms with E-state index < -0.39 is 15.7 Å². The number of rotatable bonds is 5. The van der Waals surface area contributed by atoms with Gasteiger partial charge in [0, 0.05) is 22.8 Å². The van der Waals surface area contributed by atoms with Crippen LogP contribution in [0.2, 0.25) is 0 Å². The number of aryl methyl sites for hydroxylation is 2. The highest BCUT2D eigenvalue weighted by molar-refractivity contribution is 7.85. The highest BCUT2D eigenvalue weighted by atomic mass is 32.2. The Morgan fingerprint density at radius 2 is 1.85 bits per heavy atom. The molecule has 0 spiro atoms. The molecule has 1 atom stereocenters. The molecule has 0 aliphatic carbocycles. The molecule has 20 heavy (non-hydrogen) atoms. The fourth-order valence-electron chi connectivity index (χ4n) is 1.84. The summed E-state index contributed by atoms with van der Waals surface area (Å²) in [5.74, 6) is 0.463. The van der Waals surface area contributed by atoms with Crippen molar-refractivity contribution >= 4 is 16.5 Å². The van der Waals surface area contributed by atoms with Crippen LogP contribution in [0.5, 0.6) is 0 Å². The largest absolute Gasteiger partial charge is 0.269 e. The molecule has 2 rings (SSSR count). The monoisotopic (exact) mass is 289 g/mol. The van der Waals surface area contributed by atoms with Crippen LogP contribution >= 0.6 is 0 Å². The van der Waals surface area contributed by atoms with Gasteiger partial charge in [-0.25, -0.2) is 0 Å². The van der Waals surface area contributed by atoms with E-state index in [1.54, 1.807) is 6.07 Å². The lowest BCUT2D eigenvalue weighted by Gasteiger charge is -2.03. The number of nitro groups is 1. The van der Waals surface area contributed by atoms with E-state index in [0.717, 1.165) is 16.0 Å². The molecule has 0 saturated heterocycles. The molecule has 0 saturated carbocycles. The average Bonchev–Trinajstić information content (AvgIpc) is 2.46. The molecule has 0 heterocycles. The minimum absolute atomic E-state index is 0.0728. The van der Waals surface area contributed by atoms with Gasteiger partial charge < -0.3 is 0 Å². The minimum Gasteiger partial charge on any atom is -0.258 e. The second kappa shape index (κ2) is 6.43. The Morgan fingerprint density at radius 3 is 2.50 bits per heavy atom. The maximum Gasteiger partial charge on any atom is 0.269 e. The minimum atomic E-state index is -1.08. The number of nitro benzene ring substituents is 1. The summed E-state index contributed by atoms with van der Waals surface area (Å²) < 4.78 is 12.1. The molecule has 0 radical (unpaired) electrons. The van der Waals surface area contributed by atoms with Gasteiger partial charge in [-0.2, -0.15) is 0 Å². The second-order valence-electron chi connectivity index (χ2n) is 4.54. The van der Waals surface area contributed by atoms with Crippen molar-refractivity contribution < 1.29 is 9.13 Å². The zero-order valence-electron chi connectivity index (χ0n) is 11.1. The zero-order chi connectivity index (χ0) is 14.5. The van der Waals surface area contributed by atoms with Gasteiger partial charge in [0.15, 0.2) is 0 Å². The highest BCUT2D eigenvalue weighted by Crippen LogP contribution is 2.15. The van der Waals surface area contributed by atoms with E-state index >= 15 is 0 Å². The SMILES string of the molecule is Cc1ccc(S(=O)CCc2cccc([N+](=O)[O-])c2)cc1. The summed E-state index contributed by atoms with van der Waals surface area (Å²) in [4.78, 5) is 11.1. The second-order valence-corrected chi connectivity index (χ2v) is 6.11. The number of benzene rings is 2. The van der Waals surface area contributed by atoms with Crippen molar-refractivity contribution in [2.24, 2.45) is 0 Å². The first kappa shape index (κ1) is 14.4. The molecule has 2 aromatic carbocycles. The van der Waals surface area contributed by atoms with E-state index in [4.69, 9.17) is 0 Å². The predicted octanol–water partition coefficient (Wildman–Crippen LogP) is 3.25. The lowest BCUT2D eigenvalue weighted by molar-refractivity contribution is -0.384. The number of non-ortho nitro benzene ring substituents is 1. The molecule has 0 fully saturated rings. The van der Waals surface area contributed by atoms with Gasteiger partial charge in [0.2, 0.25) is 0 Å². The van der Waals surface area contributed by atoms with E-state index in [1.165, 1.54) is 12.1 Å². The van der Waals surface area contributed by atoms with Crippen LogP contribution in [0.25, 0.3) is 0 Å². The Bertz CT molecular complexity index is 638. The molecule has 0 bridgehead atoms. The lowest BCUT2D eigenvalue weighted by atomic mass is 10.1. The molecule has 0 amide bonds. The maximum atomic E-state index is 12.1. The molecule has 2 aromatic rings. The van der Waals surface area contributed by atoms with Crippen LogP contribution in [0.1, 0.15) is 11.1 Å². The van der Waals surface area contributed by atoms with Gasteiger partial charge in [0.25, 0.3) is 5.69 Å². The quantitative estimate of drug-likeness (QED) is 0.627. The first-order chi connectivity index (χ1) is 9.56. The summed E-state index contributed by atoms with van der Waals surface area (Å²) in [6, 6.07) is 14.0. The predicted molar refractivity (Wildman–Crippen MR) is 79.3 cm³/mol. The van der Waals surface area contributed by atoms with Gasteiger partial charge >= 0.3 is 0 Å². The lowest BCUT2D eigenvalue weighted by Crippen LogP contribution is -2.02. The fourth-order valence-corrected chi connectivity index (χ4v) is 2.94. The first-order valence-corrected chi connectivity index (χ1v) is 7.56. The Hall–Kier alpha value is -2.01. The normalized spacial score (nSPS) is 12.1. The van der Waals surface area contributed by atoms with Crippen molar-refractivity contribution in [1.82, 2.24) is 0 Å². The van der Waals surface area contributed by atoms with Crippen molar-refractivity contribution in [3.05, 3.63) is 69.8 Å². The summed E-state index contributed by atoms with van der Waals surface area (Å²) in [5, 5.41) is 10.7. The third kappa shape index (κ3) is 3.74. The molecule has 0 aliphatic heterocycles. The Labute approximate surface area is 120 Å². The zero-order valence-corrected chi connectivity index (χ0v) is 11.9. The van der Waals surface area contributed by atoms with Crippen LogP contribution in [0, 0.1) is 17.0 Å². The number of nitrogens with zero attached hydrogens (tertiary/aromatic N) is 1. The summed E-state index contributed by atoms with van der Waals surface area (Å²) in [6.45, 7) is 1.98. The maximum absolute atomic E-state index is 12.1. The van der Waals surface area contributed by atoms with E-state index in [0.29, 0.717) is 12.2 Å². The molecule has 4 nitrogen and oxygen atoms in total. The highest BCUT2D eigenvalue weighted by Gasteiger charge is 2.08. The summed E-state index contributed by atoms with van der Waals surface area (Å²) in [7, 11) is -1.08.